The Hall–Kier alpha value is 0.270. The molecule has 1 rings (SSSR count). The summed E-state index contributed by atoms with van der Waals surface area (Å²) in [6.45, 7) is 3.37. The Kier molecular flexibility index (Phi) is 2.82. The van der Waals surface area contributed by atoms with E-state index in [1.807, 2.05) is 0 Å². The van der Waals surface area contributed by atoms with Crippen molar-refractivity contribution in [3.8, 4) is 0 Å². The van der Waals surface area contributed by atoms with E-state index in [-0.39, 0.29) is 0 Å². The van der Waals surface area contributed by atoms with Gasteiger partial charge in [-0.15, -0.1) is 0 Å². The third-order valence-electron chi connectivity index (χ3n) is 1.58. The van der Waals surface area contributed by atoms with Crippen LogP contribution in [-0.4, -0.2) is 37.0 Å². The van der Waals surface area contributed by atoms with E-state index >= 15 is 0 Å². The van der Waals surface area contributed by atoms with Gasteiger partial charge in [0.05, 0.1) is 5.37 Å². The molecular weight excluding hydrogens is 132 g/mol. The first-order chi connectivity index (χ1) is 4.29. The molecule has 1 fully saturated rings. The van der Waals surface area contributed by atoms with Crippen LogP contribution in [0.2, 0.25) is 0 Å². The van der Waals surface area contributed by atoms with E-state index in [9.17, 15) is 0 Å². The lowest BCUT2D eigenvalue weighted by molar-refractivity contribution is 0.352. The molecule has 1 aliphatic rings. The molecule has 54 valence electrons. The molecule has 0 saturated carbocycles. The Morgan fingerprint density at radius 2 is 2.44 bits per heavy atom. The molecule has 0 aromatic rings. The van der Waals surface area contributed by atoms with Crippen LogP contribution in [0, 0.1) is 0 Å². The van der Waals surface area contributed by atoms with E-state index in [4.69, 9.17) is 0 Å². The lowest BCUT2D eigenvalue weighted by Crippen LogP contribution is -2.31. The first kappa shape index (κ1) is 7.38. The molecule has 1 atom stereocenters. The second-order valence-electron chi connectivity index (χ2n) is 2.59. The predicted octanol–water partition coefficient (Wildman–Crippen LogP) is 0.167. The maximum Gasteiger partial charge on any atom is 0.0631 e. The molecule has 0 radical (unpaired) electrons. The predicted molar refractivity (Wildman–Crippen MR) is 42.9 cm³/mol. The molecule has 1 N–H and O–H groups in total. The first-order valence-corrected chi connectivity index (χ1v) is 3.90. The zero-order valence-electron chi connectivity index (χ0n) is 5.80. The summed E-state index contributed by atoms with van der Waals surface area (Å²) in [6, 6.07) is 0. The van der Waals surface area contributed by atoms with Crippen LogP contribution in [-0.2, 0) is 0 Å². The molecule has 9 heavy (non-hydrogen) atoms. The van der Waals surface area contributed by atoms with Gasteiger partial charge in [0.25, 0.3) is 0 Å². The summed E-state index contributed by atoms with van der Waals surface area (Å²) >= 11 is 4.34. The molecule has 0 spiro atoms. The standard InChI is InChI=1S/C6H14N2S/c1-8-4-2-3-7-6(9)5-8/h6-7,9H,2-5H2,1H3/t6-/m0/s1. The van der Waals surface area contributed by atoms with Crippen molar-refractivity contribution in [2.24, 2.45) is 0 Å². The number of nitrogens with one attached hydrogen (secondary N) is 1. The molecule has 1 saturated heterocycles. The largest absolute Gasteiger partial charge is 0.304 e. The quantitative estimate of drug-likeness (QED) is 0.474. The second kappa shape index (κ2) is 3.44. The summed E-state index contributed by atoms with van der Waals surface area (Å²) in [5, 5.41) is 3.67. The van der Waals surface area contributed by atoms with Gasteiger partial charge >= 0.3 is 0 Å². The smallest absolute Gasteiger partial charge is 0.0631 e. The van der Waals surface area contributed by atoms with Crippen molar-refractivity contribution in [1.82, 2.24) is 10.2 Å². The van der Waals surface area contributed by atoms with Gasteiger partial charge in [0.2, 0.25) is 0 Å². The minimum atomic E-state index is 0.373. The minimum absolute atomic E-state index is 0.373. The van der Waals surface area contributed by atoms with Gasteiger partial charge in [0.15, 0.2) is 0 Å². The van der Waals surface area contributed by atoms with Crippen LogP contribution in [0.4, 0.5) is 0 Å². The second-order valence-corrected chi connectivity index (χ2v) is 3.21. The number of hydrogen-bond acceptors (Lipinski definition) is 3. The molecule has 0 aromatic carbocycles. The summed E-state index contributed by atoms with van der Waals surface area (Å²) in [5.74, 6) is 0. The maximum absolute atomic E-state index is 4.34. The Bertz CT molecular complexity index is 77.1. The Labute approximate surface area is 62.0 Å². The summed E-state index contributed by atoms with van der Waals surface area (Å²) in [4.78, 5) is 2.30. The van der Waals surface area contributed by atoms with E-state index in [1.165, 1.54) is 13.0 Å². The van der Waals surface area contributed by atoms with Crippen LogP contribution in [0.1, 0.15) is 6.42 Å². The third-order valence-corrected chi connectivity index (χ3v) is 1.93. The Morgan fingerprint density at radius 3 is 3.22 bits per heavy atom. The highest BCUT2D eigenvalue weighted by molar-refractivity contribution is 7.80. The summed E-state index contributed by atoms with van der Waals surface area (Å²) in [5.41, 5.74) is 0. The highest BCUT2D eigenvalue weighted by Gasteiger charge is 2.09. The maximum atomic E-state index is 4.34. The third kappa shape index (κ3) is 2.56. The van der Waals surface area contributed by atoms with E-state index in [2.05, 4.69) is 29.9 Å². The minimum Gasteiger partial charge on any atom is -0.304 e. The van der Waals surface area contributed by atoms with Gasteiger partial charge < -0.3 is 10.2 Å². The zero-order chi connectivity index (χ0) is 6.69. The Morgan fingerprint density at radius 1 is 1.67 bits per heavy atom. The van der Waals surface area contributed by atoms with Crippen LogP contribution >= 0.6 is 12.6 Å². The molecular formula is C6H14N2S. The lowest BCUT2D eigenvalue weighted by Gasteiger charge is -2.14. The highest BCUT2D eigenvalue weighted by atomic mass is 32.1. The normalized spacial score (nSPS) is 32.0. The first-order valence-electron chi connectivity index (χ1n) is 3.39. The molecule has 1 aliphatic heterocycles. The van der Waals surface area contributed by atoms with Crippen molar-refractivity contribution in [2.45, 2.75) is 11.8 Å². The Balaban J connectivity index is 2.29. The van der Waals surface area contributed by atoms with Crippen molar-refractivity contribution < 1.29 is 0 Å². The molecule has 0 bridgehead atoms. The molecule has 1 heterocycles. The van der Waals surface area contributed by atoms with Crippen molar-refractivity contribution in [3.63, 3.8) is 0 Å². The molecule has 3 heteroatoms. The van der Waals surface area contributed by atoms with Crippen molar-refractivity contribution in [1.29, 1.82) is 0 Å². The van der Waals surface area contributed by atoms with Crippen molar-refractivity contribution in [2.75, 3.05) is 26.7 Å². The van der Waals surface area contributed by atoms with E-state index < -0.39 is 0 Å². The van der Waals surface area contributed by atoms with Crippen molar-refractivity contribution >= 4 is 12.6 Å². The fraction of sp³-hybridized carbons (Fsp3) is 1.00. The average Bonchev–Trinajstić information content (AvgIpc) is 1.93. The van der Waals surface area contributed by atoms with Gasteiger partial charge in [-0.3, -0.25) is 0 Å². The number of likely N-dealkylation sites (N-methyl/N-ethyl adjacent to an activating group) is 1. The monoisotopic (exact) mass is 146 g/mol. The number of rotatable bonds is 0. The van der Waals surface area contributed by atoms with Crippen LogP contribution in [0.3, 0.4) is 0 Å². The molecule has 0 unspecified atom stereocenters. The fourth-order valence-corrected chi connectivity index (χ4v) is 1.48. The highest BCUT2D eigenvalue weighted by Crippen LogP contribution is 1.99. The molecule has 0 aliphatic carbocycles. The topological polar surface area (TPSA) is 15.3 Å². The fourth-order valence-electron chi connectivity index (χ4n) is 1.07. The lowest BCUT2D eigenvalue weighted by atomic mass is 10.4. The van der Waals surface area contributed by atoms with E-state index in [0.717, 1.165) is 13.1 Å². The number of nitrogens with zero attached hydrogens (tertiary/aromatic N) is 1. The van der Waals surface area contributed by atoms with Gasteiger partial charge in [-0.25, -0.2) is 0 Å². The van der Waals surface area contributed by atoms with Gasteiger partial charge in [0.1, 0.15) is 0 Å². The van der Waals surface area contributed by atoms with Crippen LogP contribution < -0.4 is 5.32 Å². The van der Waals surface area contributed by atoms with Crippen LogP contribution in [0.15, 0.2) is 0 Å². The summed E-state index contributed by atoms with van der Waals surface area (Å²) in [6.07, 6.45) is 1.24. The van der Waals surface area contributed by atoms with Gasteiger partial charge in [-0.2, -0.15) is 12.6 Å². The van der Waals surface area contributed by atoms with Gasteiger partial charge in [0, 0.05) is 6.54 Å². The van der Waals surface area contributed by atoms with Gasteiger partial charge in [-0.1, -0.05) is 0 Å². The summed E-state index contributed by atoms with van der Waals surface area (Å²) < 4.78 is 0. The van der Waals surface area contributed by atoms with Crippen molar-refractivity contribution in [3.05, 3.63) is 0 Å². The molecule has 2 nitrogen and oxygen atoms in total. The zero-order valence-corrected chi connectivity index (χ0v) is 6.69. The van der Waals surface area contributed by atoms with Crippen LogP contribution in [0.5, 0.6) is 0 Å². The van der Waals surface area contributed by atoms with E-state index in [1.54, 1.807) is 0 Å². The molecule has 0 aromatic heterocycles. The number of hydrogen-bond donors (Lipinski definition) is 2. The van der Waals surface area contributed by atoms with E-state index in [0.29, 0.717) is 5.37 Å². The number of thiol groups is 1. The average molecular weight is 146 g/mol. The SMILES string of the molecule is CN1CCCN[C@@H](S)C1. The summed E-state index contributed by atoms with van der Waals surface area (Å²) in [7, 11) is 2.14. The van der Waals surface area contributed by atoms with Gasteiger partial charge in [-0.05, 0) is 26.6 Å². The molecule has 0 amide bonds. The van der Waals surface area contributed by atoms with Crippen LogP contribution in [0.25, 0.3) is 0 Å².